The third kappa shape index (κ3) is 1.93. The maximum Gasteiger partial charge on any atom is 0.337 e. The minimum Gasteiger partial charge on any atom is -0.478 e. The number of imidazole rings is 1. The molecule has 0 aliphatic carbocycles. The molecule has 3 rings (SSSR count). The van der Waals surface area contributed by atoms with E-state index in [1.54, 1.807) is 10.5 Å². The van der Waals surface area contributed by atoms with E-state index in [0.717, 1.165) is 0 Å². The maximum atomic E-state index is 11.8. The van der Waals surface area contributed by atoms with Gasteiger partial charge in [-0.05, 0) is 18.6 Å². The number of carboxylic acids is 1. The average Bonchev–Trinajstić information content (AvgIpc) is 2.81. The summed E-state index contributed by atoms with van der Waals surface area (Å²) in [6, 6.07) is 3.09. The highest BCUT2D eigenvalue weighted by Gasteiger charge is 2.30. The molecule has 2 aromatic rings. The summed E-state index contributed by atoms with van der Waals surface area (Å²) >= 11 is 0. The first-order valence-electron chi connectivity index (χ1n) is 6.10. The van der Waals surface area contributed by atoms with E-state index in [-0.39, 0.29) is 23.8 Å². The van der Waals surface area contributed by atoms with Crippen molar-refractivity contribution < 1.29 is 19.5 Å². The quantitative estimate of drug-likeness (QED) is 0.778. The molecule has 0 spiro atoms. The predicted octanol–water partition coefficient (Wildman–Crippen LogP) is 0.553. The summed E-state index contributed by atoms with van der Waals surface area (Å²) in [5, 5.41) is 11.2. The van der Waals surface area contributed by atoms with E-state index in [1.807, 2.05) is 0 Å². The Balaban J connectivity index is 2.02. The molecule has 102 valence electrons. The van der Waals surface area contributed by atoms with Crippen molar-refractivity contribution in [3.63, 3.8) is 0 Å². The number of hydrogen-bond acceptors (Lipinski definition) is 4. The molecule has 0 saturated carbocycles. The Labute approximate surface area is 113 Å². The Hall–Kier alpha value is -2.70. The highest BCUT2D eigenvalue weighted by molar-refractivity contribution is 6.01. The van der Waals surface area contributed by atoms with Gasteiger partial charge in [0, 0.05) is 12.6 Å². The van der Waals surface area contributed by atoms with E-state index in [0.29, 0.717) is 17.6 Å². The molecular formula is C13H11N3O4. The summed E-state index contributed by atoms with van der Waals surface area (Å²) in [4.78, 5) is 38.1. The largest absolute Gasteiger partial charge is 0.478 e. The first-order valence-corrected chi connectivity index (χ1v) is 6.10. The molecule has 1 unspecified atom stereocenters. The number of aromatic carboxylic acids is 1. The maximum absolute atomic E-state index is 11.8. The van der Waals surface area contributed by atoms with Crippen LogP contribution in [0.3, 0.4) is 0 Å². The number of hydrogen-bond donors (Lipinski definition) is 2. The van der Waals surface area contributed by atoms with Crippen molar-refractivity contribution in [1.29, 1.82) is 0 Å². The van der Waals surface area contributed by atoms with Crippen molar-refractivity contribution in [2.45, 2.75) is 18.8 Å². The van der Waals surface area contributed by atoms with E-state index >= 15 is 0 Å². The van der Waals surface area contributed by atoms with Crippen LogP contribution in [0.4, 0.5) is 0 Å². The van der Waals surface area contributed by atoms with Crippen LogP contribution in [-0.2, 0) is 9.59 Å². The minimum absolute atomic E-state index is 0.143. The molecule has 2 aromatic heterocycles. The second kappa shape index (κ2) is 4.44. The predicted molar refractivity (Wildman–Crippen MR) is 67.3 cm³/mol. The highest BCUT2D eigenvalue weighted by Crippen LogP contribution is 2.27. The smallest absolute Gasteiger partial charge is 0.337 e. The molecule has 0 aromatic carbocycles. The standard InChI is InChI=1S/C13H11N3O4/c17-10-4-2-8(12(18)15-10)11-9-3-1-7(13(19)20)5-16(9)6-14-11/h1,3,5-6,8H,2,4H2,(H,19,20)(H,15,17,18). The van der Waals surface area contributed by atoms with Crippen LogP contribution in [0.15, 0.2) is 24.7 Å². The van der Waals surface area contributed by atoms with Crippen LogP contribution >= 0.6 is 0 Å². The lowest BCUT2D eigenvalue weighted by molar-refractivity contribution is -0.134. The number of imide groups is 1. The normalized spacial score (nSPS) is 19.1. The lowest BCUT2D eigenvalue weighted by atomic mass is 9.94. The molecule has 1 aliphatic rings. The molecule has 3 heterocycles. The van der Waals surface area contributed by atoms with Crippen molar-refractivity contribution in [3.05, 3.63) is 35.9 Å². The van der Waals surface area contributed by atoms with Crippen LogP contribution in [0.1, 0.15) is 34.8 Å². The van der Waals surface area contributed by atoms with Gasteiger partial charge in [0.2, 0.25) is 11.8 Å². The molecule has 0 bridgehead atoms. The summed E-state index contributed by atoms with van der Waals surface area (Å²) in [5.41, 5.74) is 1.38. The first-order chi connectivity index (χ1) is 9.56. The van der Waals surface area contributed by atoms with Gasteiger partial charge in [-0.1, -0.05) is 0 Å². The zero-order chi connectivity index (χ0) is 14.3. The Bertz CT molecular complexity index is 734. The Morgan fingerprint density at radius 2 is 2.20 bits per heavy atom. The van der Waals surface area contributed by atoms with Crippen molar-refractivity contribution in [1.82, 2.24) is 14.7 Å². The van der Waals surface area contributed by atoms with Gasteiger partial charge in [-0.2, -0.15) is 0 Å². The first kappa shape index (κ1) is 12.3. The number of aromatic nitrogens is 2. The lowest BCUT2D eigenvalue weighted by Gasteiger charge is -2.19. The van der Waals surface area contributed by atoms with Crippen molar-refractivity contribution >= 4 is 23.3 Å². The van der Waals surface area contributed by atoms with Gasteiger partial charge in [-0.3, -0.25) is 14.9 Å². The van der Waals surface area contributed by atoms with Gasteiger partial charge in [-0.15, -0.1) is 0 Å². The number of amides is 2. The molecule has 1 fully saturated rings. The lowest BCUT2D eigenvalue weighted by Crippen LogP contribution is -2.39. The van der Waals surface area contributed by atoms with Gasteiger partial charge in [0.1, 0.15) is 0 Å². The van der Waals surface area contributed by atoms with Crippen LogP contribution in [0.25, 0.3) is 5.52 Å². The third-order valence-corrected chi connectivity index (χ3v) is 3.38. The van der Waals surface area contributed by atoms with Gasteiger partial charge in [0.15, 0.2) is 0 Å². The van der Waals surface area contributed by atoms with Gasteiger partial charge in [0.05, 0.1) is 29.0 Å². The number of carbonyl (C=O) groups excluding carboxylic acids is 2. The SMILES string of the molecule is O=C1CCC(c2ncn3cc(C(=O)O)ccc23)C(=O)N1. The van der Waals surface area contributed by atoms with Gasteiger partial charge in [0.25, 0.3) is 0 Å². The molecule has 0 radical (unpaired) electrons. The number of rotatable bonds is 2. The second-order valence-electron chi connectivity index (χ2n) is 4.65. The topological polar surface area (TPSA) is 101 Å². The highest BCUT2D eigenvalue weighted by atomic mass is 16.4. The summed E-state index contributed by atoms with van der Waals surface area (Å²) in [6.07, 6.45) is 3.61. The van der Waals surface area contributed by atoms with Crippen molar-refractivity contribution in [2.24, 2.45) is 0 Å². The molecule has 7 nitrogen and oxygen atoms in total. The fourth-order valence-corrected chi connectivity index (χ4v) is 2.37. The molecule has 7 heteroatoms. The summed E-state index contributed by atoms with van der Waals surface area (Å²) in [5.74, 6) is -2.14. The molecule has 2 amide bonds. The van der Waals surface area contributed by atoms with Gasteiger partial charge < -0.3 is 9.51 Å². The zero-order valence-corrected chi connectivity index (χ0v) is 10.4. The Kier molecular flexibility index (Phi) is 2.74. The van der Waals surface area contributed by atoms with E-state index in [1.165, 1.54) is 18.6 Å². The van der Waals surface area contributed by atoms with E-state index in [2.05, 4.69) is 10.3 Å². The second-order valence-corrected chi connectivity index (χ2v) is 4.65. The molecule has 1 aliphatic heterocycles. The van der Waals surface area contributed by atoms with Crippen LogP contribution in [0.5, 0.6) is 0 Å². The van der Waals surface area contributed by atoms with E-state index < -0.39 is 11.9 Å². The number of carboxylic acid groups (broad SMARTS) is 1. The van der Waals surface area contributed by atoms with Crippen LogP contribution in [-0.4, -0.2) is 32.3 Å². The Morgan fingerprint density at radius 1 is 1.40 bits per heavy atom. The van der Waals surface area contributed by atoms with Gasteiger partial charge in [-0.25, -0.2) is 9.78 Å². The van der Waals surface area contributed by atoms with Crippen LogP contribution in [0.2, 0.25) is 0 Å². The molecule has 1 atom stereocenters. The van der Waals surface area contributed by atoms with E-state index in [9.17, 15) is 14.4 Å². The third-order valence-electron chi connectivity index (χ3n) is 3.38. The van der Waals surface area contributed by atoms with Crippen LogP contribution in [0, 0.1) is 0 Å². The number of nitrogens with one attached hydrogen (secondary N) is 1. The Morgan fingerprint density at radius 3 is 2.90 bits per heavy atom. The summed E-state index contributed by atoms with van der Waals surface area (Å²) in [7, 11) is 0. The fourth-order valence-electron chi connectivity index (χ4n) is 2.37. The van der Waals surface area contributed by atoms with Crippen LogP contribution < -0.4 is 5.32 Å². The van der Waals surface area contributed by atoms with E-state index in [4.69, 9.17) is 5.11 Å². The molecule has 20 heavy (non-hydrogen) atoms. The van der Waals surface area contributed by atoms with Crippen molar-refractivity contribution in [3.8, 4) is 0 Å². The monoisotopic (exact) mass is 273 g/mol. The number of piperidine rings is 1. The molecule has 2 N–H and O–H groups in total. The number of fused-ring (bicyclic) bond motifs is 1. The average molecular weight is 273 g/mol. The van der Waals surface area contributed by atoms with Gasteiger partial charge >= 0.3 is 5.97 Å². The number of nitrogens with zero attached hydrogens (tertiary/aromatic N) is 2. The summed E-state index contributed by atoms with van der Waals surface area (Å²) < 4.78 is 1.57. The zero-order valence-electron chi connectivity index (χ0n) is 10.4. The fraction of sp³-hybridized carbons (Fsp3) is 0.231. The summed E-state index contributed by atoms with van der Waals surface area (Å²) in [6.45, 7) is 0. The number of pyridine rings is 1. The molecule has 1 saturated heterocycles. The molecular weight excluding hydrogens is 262 g/mol. The van der Waals surface area contributed by atoms with Crippen molar-refractivity contribution in [2.75, 3.05) is 0 Å². The number of carbonyl (C=O) groups is 3. The minimum atomic E-state index is -1.02.